The number of anilines is 1. The molecule has 0 radical (unpaired) electrons. The topological polar surface area (TPSA) is 96.7 Å². The van der Waals surface area contributed by atoms with E-state index in [1.807, 2.05) is 73.7 Å². The minimum atomic E-state index is -0.153. The molecule has 0 saturated carbocycles. The number of nitrogens with one attached hydrogen (secondary N) is 1. The first kappa shape index (κ1) is 27.2. The summed E-state index contributed by atoms with van der Waals surface area (Å²) in [6.45, 7) is 5.71. The van der Waals surface area contributed by atoms with Gasteiger partial charge >= 0.3 is 6.01 Å². The number of carbonyl (C=O) groups is 1. The Labute approximate surface area is 234 Å². The molecule has 1 aliphatic rings. The average Bonchev–Trinajstić information content (AvgIpc) is 3.63. The quantitative estimate of drug-likeness (QED) is 0.205. The Morgan fingerprint density at radius 2 is 1.75 bits per heavy atom. The molecule has 0 fully saturated rings. The first-order valence-corrected chi connectivity index (χ1v) is 13.7. The maximum absolute atomic E-state index is 12.8. The van der Waals surface area contributed by atoms with E-state index in [4.69, 9.17) is 18.9 Å². The molecule has 3 aromatic carbocycles. The summed E-state index contributed by atoms with van der Waals surface area (Å²) in [5, 5.41) is 7.56. The molecule has 9 nitrogen and oxygen atoms in total. The van der Waals surface area contributed by atoms with Crippen molar-refractivity contribution in [2.75, 3.05) is 31.9 Å². The van der Waals surface area contributed by atoms with Crippen molar-refractivity contribution in [3.05, 3.63) is 77.9 Å². The lowest BCUT2D eigenvalue weighted by Crippen LogP contribution is -2.12. The zero-order valence-electron chi connectivity index (χ0n) is 22.9. The number of nitrogens with zero attached hydrogens (tertiary/aromatic N) is 3. The second-order valence-electron chi connectivity index (χ2n) is 9.40. The van der Waals surface area contributed by atoms with Crippen LogP contribution in [-0.2, 0) is 11.2 Å². The number of hydrogen-bond donors (Lipinski definition) is 1. The largest absolute Gasteiger partial charge is 0.460 e. The molecule has 0 atom stereocenters. The highest BCUT2D eigenvalue weighted by Crippen LogP contribution is 2.36. The number of aryl methyl sites for hydroxylation is 1. The van der Waals surface area contributed by atoms with E-state index >= 15 is 0 Å². The SMILES string of the molecule is CCCCCc1ccc(C(=O)Nc2ccc(-n3nc(OCCOCC)nc3-c3ccc4c(c3)OCO4)cc2)cc1. The number of ether oxygens (including phenoxy) is 4. The third kappa shape index (κ3) is 6.60. The van der Waals surface area contributed by atoms with Gasteiger partial charge in [0.1, 0.15) is 6.61 Å². The Kier molecular flexibility index (Phi) is 8.93. The molecule has 9 heteroatoms. The molecule has 1 aromatic heterocycles. The van der Waals surface area contributed by atoms with Gasteiger partial charge in [-0.2, -0.15) is 4.98 Å². The molecule has 0 bridgehead atoms. The van der Waals surface area contributed by atoms with Gasteiger partial charge in [-0.3, -0.25) is 4.79 Å². The van der Waals surface area contributed by atoms with Crippen molar-refractivity contribution in [1.29, 1.82) is 0 Å². The summed E-state index contributed by atoms with van der Waals surface area (Å²) < 4.78 is 23.8. The molecule has 40 heavy (non-hydrogen) atoms. The smallest absolute Gasteiger partial charge is 0.336 e. The third-order valence-corrected chi connectivity index (χ3v) is 6.54. The summed E-state index contributed by atoms with van der Waals surface area (Å²) in [4.78, 5) is 17.5. The number of carbonyl (C=O) groups excluding carboxylic acids is 1. The molecule has 5 rings (SSSR count). The average molecular weight is 543 g/mol. The van der Waals surface area contributed by atoms with Crippen molar-refractivity contribution in [2.45, 2.75) is 39.5 Å². The Morgan fingerprint density at radius 3 is 2.52 bits per heavy atom. The molecule has 1 aliphatic heterocycles. The first-order valence-electron chi connectivity index (χ1n) is 13.7. The van der Waals surface area contributed by atoms with Crippen LogP contribution in [0.4, 0.5) is 5.69 Å². The van der Waals surface area contributed by atoms with Gasteiger partial charge in [0.2, 0.25) is 6.79 Å². The predicted octanol–water partition coefficient (Wildman–Crippen LogP) is 6.06. The van der Waals surface area contributed by atoms with Crippen LogP contribution in [0.2, 0.25) is 0 Å². The highest BCUT2D eigenvalue weighted by molar-refractivity contribution is 6.04. The molecular formula is C31H34N4O5. The van der Waals surface area contributed by atoms with E-state index in [0.717, 1.165) is 24.1 Å². The summed E-state index contributed by atoms with van der Waals surface area (Å²) in [7, 11) is 0. The van der Waals surface area contributed by atoms with Crippen LogP contribution in [0.25, 0.3) is 17.1 Å². The Balaban J connectivity index is 1.32. The predicted molar refractivity (Wildman–Crippen MR) is 153 cm³/mol. The lowest BCUT2D eigenvalue weighted by Gasteiger charge is -2.09. The summed E-state index contributed by atoms with van der Waals surface area (Å²) in [6, 6.07) is 21.1. The number of amides is 1. The number of benzene rings is 3. The maximum atomic E-state index is 12.8. The van der Waals surface area contributed by atoms with Gasteiger partial charge in [-0.05, 0) is 79.9 Å². The minimum absolute atomic E-state index is 0.153. The van der Waals surface area contributed by atoms with Crippen molar-refractivity contribution in [3.8, 4) is 34.6 Å². The molecule has 0 saturated heterocycles. The van der Waals surface area contributed by atoms with E-state index in [9.17, 15) is 4.79 Å². The van der Waals surface area contributed by atoms with Crippen LogP contribution in [0.15, 0.2) is 66.7 Å². The molecule has 1 amide bonds. The Hall–Kier alpha value is -4.37. The summed E-state index contributed by atoms with van der Waals surface area (Å²) in [5.74, 6) is 1.77. The van der Waals surface area contributed by atoms with Crippen LogP contribution >= 0.6 is 0 Å². The highest BCUT2D eigenvalue weighted by Gasteiger charge is 2.19. The molecule has 0 spiro atoms. The summed E-state index contributed by atoms with van der Waals surface area (Å²) in [5.41, 5.74) is 4.11. The Bertz CT molecular complexity index is 1420. The Morgan fingerprint density at radius 1 is 0.950 bits per heavy atom. The second-order valence-corrected chi connectivity index (χ2v) is 9.40. The maximum Gasteiger partial charge on any atom is 0.336 e. The van der Waals surface area contributed by atoms with Gasteiger partial charge in [0, 0.05) is 23.4 Å². The molecule has 0 unspecified atom stereocenters. The van der Waals surface area contributed by atoms with E-state index in [1.165, 1.54) is 18.4 Å². The van der Waals surface area contributed by atoms with Crippen LogP contribution in [-0.4, -0.2) is 47.3 Å². The molecule has 0 aliphatic carbocycles. The highest BCUT2D eigenvalue weighted by atomic mass is 16.7. The van der Waals surface area contributed by atoms with E-state index in [0.29, 0.717) is 48.4 Å². The molecule has 208 valence electrons. The monoisotopic (exact) mass is 542 g/mol. The van der Waals surface area contributed by atoms with Crippen molar-refractivity contribution in [1.82, 2.24) is 14.8 Å². The van der Waals surface area contributed by atoms with E-state index in [2.05, 4.69) is 22.3 Å². The van der Waals surface area contributed by atoms with Crippen LogP contribution in [0.3, 0.4) is 0 Å². The second kappa shape index (κ2) is 13.1. The summed E-state index contributed by atoms with van der Waals surface area (Å²) in [6.07, 6.45) is 4.61. The van der Waals surface area contributed by atoms with Gasteiger partial charge in [-0.1, -0.05) is 31.9 Å². The normalized spacial score (nSPS) is 11.9. The van der Waals surface area contributed by atoms with Gasteiger partial charge in [-0.25, -0.2) is 4.68 Å². The van der Waals surface area contributed by atoms with Gasteiger partial charge < -0.3 is 24.3 Å². The fourth-order valence-corrected chi connectivity index (χ4v) is 4.38. The zero-order valence-corrected chi connectivity index (χ0v) is 22.9. The van der Waals surface area contributed by atoms with Crippen LogP contribution < -0.4 is 19.5 Å². The van der Waals surface area contributed by atoms with Gasteiger partial charge in [0.15, 0.2) is 17.3 Å². The number of rotatable bonds is 13. The number of hydrogen-bond acceptors (Lipinski definition) is 7. The minimum Gasteiger partial charge on any atom is -0.460 e. The summed E-state index contributed by atoms with van der Waals surface area (Å²) >= 11 is 0. The van der Waals surface area contributed by atoms with Crippen molar-refractivity contribution >= 4 is 11.6 Å². The van der Waals surface area contributed by atoms with E-state index in [1.54, 1.807) is 4.68 Å². The fourth-order valence-electron chi connectivity index (χ4n) is 4.38. The van der Waals surface area contributed by atoms with Crippen molar-refractivity contribution < 1.29 is 23.7 Å². The fraction of sp³-hybridized carbons (Fsp3) is 0.323. The molecule has 1 N–H and O–H groups in total. The van der Waals surface area contributed by atoms with Gasteiger partial charge in [0.05, 0.1) is 12.3 Å². The standard InChI is InChI=1S/C31H34N4O5/c1-3-5-6-7-22-8-10-23(11-9-22)30(36)32-25-13-15-26(16-14-25)35-29(33-31(34-35)38-19-18-37-4-2)24-12-17-27-28(20-24)40-21-39-27/h8-17,20H,3-7,18-19,21H2,1-2H3,(H,32,36). The third-order valence-electron chi connectivity index (χ3n) is 6.54. The van der Waals surface area contributed by atoms with E-state index < -0.39 is 0 Å². The lowest BCUT2D eigenvalue weighted by molar-refractivity contribution is 0.102. The lowest BCUT2D eigenvalue weighted by atomic mass is 10.1. The molecular weight excluding hydrogens is 508 g/mol. The van der Waals surface area contributed by atoms with Crippen molar-refractivity contribution in [2.24, 2.45) is 0 Å². The van der Waals surface area contributed by atoms with Gasteiger partial charge in [0.25, 0.3) is 5.91 Å². The van der Waals surface area contributed by atoms with Crippen molar-refractivity contribution in [3.63, 3.8) is 0 Å². The van der Waals surface area contributed by atoms with Crippen LogP contribution in [0, 0.1) is 0 Å². The van der Waals surface area contributed by atoms with E-state index in [-0.39, 0.29) is 18.7 Å². The zero-order chi connectivity index (χ0) is 27.7. The number of unbranched alkanes of at least 4 members (excludes halogenated alkanes) is 2. The number of fused-ring (bicyclic) bond motifs is 1. The molecule has 4 aromatic rings. The van der Waals surface area contributed by atoms with Crippen LogP contribution in [0.5, 0.6) is 17.5 Å². The molecule has 2 heterocycles. The van der Waals surface area contributed by atoms with Gasteiger partial charge in [-0.15, -0.1) is 5.10 Å². The van der Waals surface area contributed by atoms with Crippen LogP contribution in [0.1, 0.15) is 49.0 Å². The first-order chi connectivity index (χ1) is 19.6. The number of aromatic nitrogens is 3.